The molecule has 1 amide bonds. The molecule has 1 aliphatic heterocycles. The van der Waals surface area contributed by atoms with Crippen molar-refractivity contribution in [3.8, 4) is 0 Å². The summed E-state index contributed by atoms with van der Waals surface area (Å²) in [5.41, 5.74) is 1.93. The van der Waals surface area contributed by atoms with E-state index in [9.17, 15) is 13.2 Å². The van der Waals surface area contributed by atoms with Crippen molar-refractivity contribution in [3.05, 3.63) is 54.1 Å². The molecule has 1 saturated heterocycles. The Hall–Kier alpha value is -2.48. The van der Waals surface area contributed by atoms with E-state index >= 15 is 0 Å². The number of sulfone groups is 1. The Morgan fingerprint density at radius 3 is 2.71 bits per heavy atom. The smallest absolute Gasteiger partial charge is 0.270 e. The summed E-state index contributed by atoms with van der Waals surface area (Å²) in [4.78, 5) is 20.2. The molecule has 2 aromatic rings. The lowest BCUT2D eigenvalue weighted by Crippen LogP contribution is -2.24. The number of rotatable bonds is 5. The molecule has 126 valence electrons. The van der Waals surface area contributed by atoms with Gasteiger partial charge in [0.15, 0.2) is 9.84 Å². The summed E-state index contributed by atoms with van der Waals surface area (Å²) in [6.07, 6.45) is 5.45. The van der Waals surface area contributed by atoms with Gasteiger partial charge in [0.25, 0.3) is 5.91 Å². The van der Waals surface area contributed by atoms with Crippen molar-refractivity contribution in [2.24, 2.45) is 0 Å². The van der Waals surface area contributed by atoms with E-state index in [1.54, 1.807) is 24.5 Å². The lowest BCUT2D eigenvalue weighted by Gasteiger charge is -2.13. The van der Waals surface area contributed by atoms with E-state index in [4.69, 9.17) is 0 Å². The van der Waals surface area contributed by atoms with E-state index in [1.807, 2.05) is 12.1 Å². The van der Waals surface area contributed by atoms with Gasteiger partial charge < -0.3 is 10.6 Å². The van der Waals surface area contributed by atoms with Crippen molar-refractivity contribution >= 4 is 21.4 Å². The number of amides is 1. The van der Waals surface area contributed by atoms with Crippen LogP contribution in [-0.4, -0.2) is 41.8 Å². The third kappa shape index (κ3) is 4.29. The maximum absolute atomic E-state index is 12.2. The molecule has 0 saturated carbocycles. The van der Waals surface area contributed by atoms with E-state index in [0.29, 0.717) is 18.7 Å². The Morgan fingerprint density at radius 1 is 1.21 bits per heavy atom. The van der Waals surface area contributed by atoms with Crippen LogP contribution >= 0.6 is 0 Å². The minimum Gasteiger partial charge on any atom is -0.381 e. The third-order valence-electron chi connectivity index (χ3n) is 3.80. The maximum atomic E-state index is 12.2. The highest BCUT2D eigenvalue weighted by molar-refractivity contribution is 7.91. The van der Waals surface area contributed by atoms with Crippen LogP contribution in [0.3, 0.4) is 0 Å². The Bertz CT molecular complexity index is 824. The highest BCUT2D eigenvalue weighted by atomic mass is 32.2. The highest BCUT2D eigenvalue weighted by Gasteiger charge is 2.27. The molecule has 2 N–H and O–H groups in total. The minimum atomic E-state index is -2.94. The summed E-state index contributed by atoms with van der Waals surface area (Å²) in [7, 11) is -2.94. The summed E-state index contributed by atoms with van der Waals surface area (Å²) in [6, 6.07) is 6.89. The van der Waals surface area contributed by atoms with Gasteiger partial charge in [0.1, 0.15) is 5.69 Å². The fourth-order valence-electron chi connectivity index (χ4n) is 2.56. The lowest BCUT2D eigenvalue weighted by molar-refractivity contribution is 0.0946. The molecule has 3 rings (SSSR count). The first-order valence-corrected chi connectivity index (χ1v) is 9.44. The first-order chi connectivity index (χ1) is 11.5. The van der Waals surface area contributed by atoms with E-state index < -0.39 is 9.84 Å². The molecule has 0 spiro atoms. The predicted octanol–water partition coefficient (Wildman–Crippen LogP) is 1.01. The van der Waals surface area contributed by atoms with Gasteiger partial charge in [0, 0.05) is 36.9 Å². The van der Waals surface area contributed by atoms with Gasteiger partial charge in [0.2, 0.25) is 0 Å². The van der Waals surface area contributed by atoms with Crippen LogP contribution in [0, 0.1) is 0 Å². The van der Waals surface area contributed by atoms with E-state index in [0.717, 1.165) is 5.56 Å². The monoisotopic (exact) mass is 346 g/mol. The number of aromatic nitrogens is 2. The molecule has 0 aliphatic carbocycles. The largest absolute Gasteiger partial charge is 0.381 e. The molecule has 1 fully saturated rings. The topological polar surface area (TPSA) is 101 Å². The van der Waals surface area contributed by atoms with Gasteiger partial charge in [-0.2, -0.15) is 0 Å². The number of nitrogens with zero attached hydrogens (tertiary/aromatic N) is 2. The molecular formula is C16H18N4O3S. The van der Waals surface area contributed by atoms with Crippen LogP contribution in [0.15, 0.2) is 42.9 Å². The SMILES string of the molecule is O=C(NCc1ccncc1)c1cc(NC2CCS(=O)(=O)C2)ccn1. The molecule has 1 aliphatic rings. The van der Waals surface area contributed by atoms with Gasteiger partial charge in [0.05, 0.1) is 11.5 Å². The molecule has 0 radical (unpaired) electrons. The predicted molar refractivity (Wildman–Crippen MR) is 90.3 cm³/mol. The lowest BCUT2D eigenvalue weighted by atomic mass is 10.2. The van der Waals surface area contributed by atoms with Gasteiger partial charge in [-0.25, -0.2) is 8.42 Å². The Kier molecular flexibility index (Phi) is 4.75. The number of nitrogens with one attached hydrogen (secondary N) is 2. The van der Waals surface area contributed by atoms with E-state index in [1.165, 1.54) is 6.20 Å². The van der Waals surface area contributed by atoms with Crippen molar-refractivity contribution in [3.63, 3.8) is 0 Å². The van der Waals surface area contributed by atoms with Crippen LogP contribution in [0.25, 0.3) is 0 Å². The van der Waals surface area contributed by atoms with Crippen molar-refractivity contribution in [1.29, 1.82) is 0 Å². The number of carbonyl (C=O) groups is 1. The van der Waals surface area contributed by atoms with Crippen molar-refractivity contribution in [2.45, 2.75) is 19.0 Å². The molecule has 2 aromatic heterocycles. The summed E-state index contributed by atoms with van der Waals surface area (Å²) in [5, 5.41) is 5.95. The van der Waals surface area contributed by atoms with Crippen molar-refractivity contribution in [2.75, 3.05) is 16.8 Å². The van der Waals surface area contributed by atoms with Crippen molar-refractivity contribution < 1.29 is 13.2 Å². The van der Waals surface area contributed by atoms with E-state index in [2.05, 4.69) is 20.6 Å². The minimum absolute atomic E-state index is 0.120. The van der Waals surface area contributed by atoms with Gasteiger partial charge >= 0.3 is 0 Å². The highest BCUT2D eigenvalue weighted by Crippen LogP contribution is 2.17. The van der Waals surface area contributed by atoms with Gasteiger partial charge in [-0.1, -0.05) is 0 Å². The zero-order valence-corrected chi connectivity index (χ0v) is 13.8. The van der Waals surface area contributed by atoms with Crippen LogP contribution in [0.5, 0.6) is 0 Å². The fraction of sp³-hybridized carbons (Fsp3) is 0.312. The molecule has 0 bridgehead atoms. The van der Waals surface area contributed by atoms with Crippen LogP contribution in [0.1, 0.15) is 22.5 Å². The van der Waals surface area contributed by atoms with Crippen LogP contribution < -0.4 is 10.6 Å². The van der Waals surface area contributed by atoms with Gasteiger partial charge in [-0.3, -0.25) is 14.8 Å². The zero-order valence-electron chi connectivity index (χ0n) is 13.0. The number of carbonyl (C=O) groups excluding carboxylic acids is 1. The molecule has 0 aromatic carbocycles. The average Bonchev–Trinajstić information content (AvgIpc) is 2.92. The summed E-state index contributed by atoms with van der Waals surface area (Å²) in [6.45, 7) is 0.390. The molecule has 8 heteroatoms. The number of hydrogen-bond acceptors (Lipinski definition) is 6. The van der Waals surface area contributed by atoms with Gasteiger partial charge in [-0.05, 0) is 36.2 Å². The second-order valence-corrected chi connectivity index (χ2v) is 7.94. The molecule has 3 heterocycles. The molecule has 1 atom stereocenters. The number of hydrogen-bond donors (Lipinski definition) is 2. The maximum Gasteiger partial charge on any atom is 0.270 e. The standard InChI is InChI=1S/C16H18N4O3S/c21-16(19-10-12-1-5-17-6-2-12)15-9-13(3-7-18-15)20-14-4-8-24(22,23)11-14/h1-3,5-7,9,14H,4,8,10-11H2,(H,18,20)(H,19,21). The molecule has 7 nitrogen and oxygen atoms in total. The molecule has 1 unspecified atom stereocenters. The zero-order chi connectivity index (χ0) is 17.0. The Labute approximate surface area is 140 Å². The van der Waals surface area contributed by atoms with Crippen molar-refractivity contribution in [1.82, 2.24) is 15.3 Å². The quantitative estimate of drug-likeness (QED) is 0.838. The van der Waals surface area contributed by atoms with Crippen LogP contribution in [0.2, 0.25) is 0 Å². The Balaban J connectivity index is 1.61. The number of anilines is 1. The second kappa shape index (κ2) is 6.96. The van der Waals surface area contributed by atoms with E-state index in [-0.39, 0.29) is 29.1 Å². The number of pyridine rings is 2. The Morgan fingerprint density at radius 2 is 2.00 bits per heavy atom. The summed E-state index contributed by atoms with van der Waals surface area (Å²) >= 11 is 0. The fourth-order valence-corrected chi connectivity index (χ4v) is 4.24. The third-order valence-corrected chi connectivity index (χ3v) is 5.57. The first kappa shape index (κ1) is 16.4. The summed E-state index contributed by atoms with van der Waals surface area (Å²) < 4.78 is 23.0. The van der Waals surface area contributed by atoms with Gasteiger partial charge in [-0.15, -0.1) is 0 Å². The molecule has 24 heavy (non-hydrogen) atoms. The molecular weight excluding hydrogens is 328 g/mol. The average molecular weight is 346 g/mol. The second-order valence-electron chi connectivity index (χ2n) is 5.71. The van der Waals surface area contributed by atoms with Crippen LogP contribution in [-0.2, 0) is 16.4 Å². The summed E-state index contributed by atoms with van der Waals surface area (Å²) in [5.74, 6) is 0.0444. The van der Waals surface area contributed by atoms with Crippen LogP contribution in [0.4, 0.5) is 5.69 Å². The first-order valence-electron chi connectivity index (χ1n) is 7.62. The normalized spacial score (nSPS) is 18.9.